The molecule has 0 aliphatic rings. The minimum absolute atomic E-state index is 0.496. The molecule has 1 aromatic carbocycles. The molecule has 1 rings (SSSR count). The fourth-order valence-corrected chi connectivity index (χ4v) is 0.760. The van der Waals surface area contributed by atoms with Crippen LogP contribution < -0.4 is 10.8 Å². The minimum Gasteiger partial charge on any atom is -0.318 e. The molecule has 0 aromatic heterocycles. The fourth-order valence-electron chi connectivity index (χ4n) is 0.760. The van der Waals surface area contributed by atoms with Crippen LogP contribution in [0.15, 0.2) is 30.3 Å². The lowest BCUT2D eigenvalue weighted by Gasteiger charge is -2.01. The van der Waals surface area contributed by atoms with Gasteiger partial charge >= 0.3 is 11.8 Å². The largest absolute Gasteiger partial charge is 0.332 e. The molecule has 0 radical (unpaired) electrons. The Morgan fingerprint density at radius 2 is 1.69 bits per heavy atom. The average Bonchev–Trinajstić information content (AvgIpc) is 2.18. The lowest BCUT2D eigenvalue weighted by molar-refractivity contribution is -0.141. The van der Waals surface area contributed by atoms with E-state index in [1.807, 2.05) is 0 Å². The summed E-state index contributed by atoms with van der Waals surface area (Å²) in [6.07, 6.45) is 0. The monoisotopic (exact) mass is 180 g/mol. The van der Waals surface area contributed by atoms with Crippen molar-refractivity contribution in [1.29, 1.82) is 0 Å². The molecule has 0 aliphatic heterocycles. The number of nitrogens with one attached hydrogen (secondary N) is 2. The van der Waals surface area contributed by atoms with Crippen molar-refractivity contribution in [2.45, 2.75) is 0 Å². The molecule has 1 aromatic rings. The second-order valence-electron chi connectivity index (χ2n) is 2.26. The molecule has 0 unspecified atom stereocenters. The van der Waals surface area contributed by atoms with E-state index in [-0.39, 0.29) is 0 Å². The highest BCUT2D eigenvalue weighted by atomic mass is 16.5. The first kappa shape index (κ1) is 9.21. The van der Waals surface area contributed by atoms with E-state index in [2.05, 4.69) is 5.32 Å². The van der Waals surface area contributed by atoms with Crippen LogP contribution in [0.2, 0.25) is 0 Å². The Morgan fingerprint density at radius 3 is 2.23 bits per heavy atom. The molecule has 3 N–H and O–H groups in total. The molecule has 0 fully saturated rings. The van der Waals surface area contributed by atoms with E-state index in [0.29, 0.717) is 5.69 Å². The Morgan fingerprint density at radius 1 is 1.08 bits per heavy atom. The van der Waals surface area contributed by atoms with Crippen molar-refractivity contribution in [3.05, 3.63) is 30.3 Å². The Kier molecular flexibility index (Phi) is 2.99. The first-order valence-electron chi connectivity index (χ1n) is 3.54. The number of hydrogen-bond donors (Lipinski definition) is 3. The van der Waals surface area contributed by atoms with Crippen molar-refractivity contribution in [3.63, 3.8) is 0 Å². The van der Waals surface area contributed by atoms with Gasteiger partial charge in [-0.05, 0) is 12.1 Å². The maximum absolute atomic E-state index is 10.9. The van der Waals surface area contributed by atoms with Crippen LogP contribution >= 0.6 is 0 Å². The number of amides is 2. The van der Waals surface area contributed by atoms with Gasteiger partial charge in [0.15, 0.2) is 0 Å². The van der Waals surface area contributed by atoms with Gasteiger partial charge < -0.3 is 5.32 Å². The molecule has 0 saturated carbocycles. The fraction of sp³-hybridized carbons (Fsp3) is 0. The van der Waals surface area contributed by atoms with Gasteiger partial charge in [-0.3, -0.25) is 14.8 Å². The summed E-state index contributed by atoms with van der Waals surface area (Å²) in [6, 6.07) is 8.46. The maximum Gasteiger partial charge on any atom is 0.332 e. The van der Waals surface area contributed by atoms with Gasteiger partial charge in [-0.2, -0.15) is 0 Å². The summed E-state index contributed by atoms with van der Waals surface area (Å²) >= 11 is 0. The third-order valence-corrected chi connectivity index (χ3v) is 1.34. The average molecular weight is 180 g/mol. The number of hydrogen-bond acceptors (Lipinski definition) is 3. The number of carbonyl (C=O) groups excluding carboxylic acids is 2. The normalized spacial score (nSPS) is 9.00. The van der Waals surface area contributed by atoms with Gasteiger partial charge in [-0.25, -0.2) is 5.48 Å². The summed E-state index contributed by atoms with van der Waals surface area (Å²) in [4.78, 5) is 21.4. The van der Waals surface area contributed by atoms with Crippen molar-refractivity contribution in [2.75, 3.05) is 5.32 Å². The van der Waals surface area contributed by atoms with Gasteiger partial charge in [0.25, 0.3) is 0 Å². The zero-order valence-corrected chi connectivity index (χ0v) is 6.65. The van der Waals surface area contributed by atoms with E-state index in [9.17, 15) is 9.59 Å². The summed E-state index contributed by atoms with van der Waals surface area (Å²) in [5, 5.41) is 10.4. The number of anilines is 1. The summed E-state index contributed by atoms with van der Waals surface area (Å²) in [5.74, 6) is -2.00. The number of rotatable bonds is 1. The standard InChI is InChI=1S/C8H8N2O3/c11-7(8(12)10-13)9-6-4-2-1-3-5-6/h1-5,13H,(H,9,11)(H,10,12). The van der Waals surface area contributed by atoms with Gasteiger partial charge in [-0.15, -0.1) is 0 Å². The van der Waals surface area contributed by atoms with Crippen molar-refractivity contribution in [1.82, 2.24) is 5.48 Å². The molecule has 0 spiro atoms. The molecule has 5 nitrogen and oxygen atoms in total. The van der Waals surface area contributed by atoms with Gasteiger partial charge in [0, 0.05) is 5.69 Å². The van der Waals surface area contributed by atoms with Crippen molar-refractivity contribution < 1.29 is 14.8 Å². The zero-order valence-electron chi connectivity index (χ0n) is 6.65. The third kappa shape index (κ3) is 2.57. The SMILES string of the molecule is O=C(NO)C(=O)Nc1ccccc1. The van der Waals surface area contributed by atoms with Crippen molar-refractivity contribution in [2.24, 2.45) is 0 Å². The van der Waals surface area contributed by atoms with E-state index in [1.54, 1.807) is 30.3 Å². The van der Waals surface area contributed by atoms with E-state index in [0.717, 1.165) is 0 Å². The lowest BCUT2D eigenvalue weighted by atomic mass is 10.3. The summed E-state index contributed by atoms with van der Waals surface area (Å²) in [6.45, 7) is 0. The van der Waals surface area contributed by atoms with E-state index in [4.69, 9.17) is 5.21 Å². The predicted octanol–water partition coefficient (Wildman–Crippen LogP) is 0.130. The Bertz CT molecular complexity index is 310. The lowest BCUT2D eigenvalue weighted by Crippen LogP contribution is -2.33. The highest BCUT2D eigenvalue weighted by Crippen LogP contribution is 2.03. The third-order valence-electron chi connectivity index (χ3n) is 1.34. The molecule has 0 heterocycles. The molecule has 0 saturated heterocycles. The van der Waals surface area contributed by atoms with E-state index < -0.39 is 11.8 Å². The molecule has 5 heteroatoms. The van der Waals surface area contributed by atoms with Crippen LogP contribution in [0.4, 0.5) is 5.69 Å². The van der Waals surface area contributed by atoms with Crippen LogP contribution in [0.25, 0.3) is 0 Å². The first-order valence-corrected chi connectivity index (χ1v) is 3.54. The molecule has 68 valence electrons. The highest BCUT2D eigenvalue weighted by molar-refractivity contribution is 6.39. The minimum atomic E-state index is -1.09. The van der Waals surface area contributed by atoms with Crippen LogP contribution in [0, 0.1) is 0 Å². The molecule has 0 atom stereocenters. The molecular formula is C8H8N2O3. The van der Waals surface area contributed by atoms with Gasteiger partial charge in [0.2, 0.25) is 0 Å². The van der Waals surface area contributed by atoms with Crippen LogP contribution in [0.5, 0.6) is 0 Å². The highest BCUT2D eigenvalue weighted by Gasteiger charge is 2.11. The van der Waals surface area contributed by atoms with Gasteiger partial charge in [0.05, 0.1) is 0 Å². The second kappa shape index (κ2) is 4.22. The van der Waals surface area contributed by atoms with E-state index >= 15 is 0 Å². The number of carbonyl (C=O) groups is 2. The first-order chi connectivity index (χ1) is 6.24. The Hall–Kier alpha value is -1.88. The number of hydroxylamine groups is 1. The molecule has 2 amide bonds. The van der Waals surface area contributed by atoms with E-state index in [1.165, 1.54) is 5.48 Å². The summed E-state index contributed by atoms with van der Waals surface area (Å²) in [5.41, 5.74) is 1.73. The molecule has 13 heavy (non-hydrogen) atoms. The summed E-state index contributed by atoms with van der Waals surface area (Å²) < 4.78 is 0. The molecular weight excluding hydrogens is 172 g/mol. The van der Waals surface area contributed by atoms with Gasteiger partial charge in [0.1, 0.15) is 0 Å². The smallest absolute Gasteiger partial charge is 0.318 e. The Balaban J connectivity index is 2.60. The van der Waals surface area contributed by atoms with Crippen LogP contribution in [0.3, 0.4) is 0 Å². The molecule has 0 bridgehead atoms. The number of para-hydroxylation sites is 1. The maximum atomic E-state index is 10.9. The number of benzene rings is 1. The predicted molar refractivity (Wildman–Crippen MR) is 45.0 cm³/mol. The van der Waals surface area contributed by atoms with Crippen LogP contribution in [-0.2, 0) is 9.59 Å². The Labute approximate surface area is 74.3 Å². The quantitative estimate of drug-likeness (QED) is 0.326. The van der Waals surface area contributed by atoms with Crippen LogP contribution in [-0.4, -0.2) is 17.0 Å². The van der Waals surface area contributed by atoms with Crippen molar-refractivity contribution in [3.8, 4) is 0 Å². The van der Waals surface area contributed by atoms with Gasteiger partial charge in [-0.1, -0.05) is 18.2 Å². The van der Waals surface area contributed by atoms with Crippen LogP contribution in [0.1, 0.15) is 0 Å². The second-order valence-corrected chi connectivity index (χ2v) is 2.26. The summed E-state index contributed by atoms with van der Waals surface area (Å²) in [7, 11) is 0. The topological polar surface area (TPSA) is 78.4 Å². The molecule has 0 aliphatic carbocycles. The zero-order chi connectivity index (χ0) is 9.68. The van der Waals surface area contributed by atoms with Crippen molar-refractivity contribution >= 4 is 17.5 Å².